The van der Waals surface area contributed by atoms with Gasteiger partial charge in [-0.15, -0.1) is 0 Å². The fraction of sp³-hybridized carbons (Fsp3) is 0. The standard InChI is InChI=1S/C51H31N7/c1-3-15-32(16-4-1)55-42-23-11-7-19-34(42)38-29-48-40(27-46(38)55)36-21-9-13-25-44(36)57(48)50-52-31-53-51(54-50)58-45-26-14-10-22-37(45)41-28-47-39(30-49(41)58)35-20-8-12-24-43(35)56(47)33-17-5-2-6-18-33/h1-31H. The maximum absolute atomic E-state index is 5.34. The predicted molar refractivity (Wildman–Crippen MR) is 237 cm³/mol. The molecule has 13 aromatic rings. The molecule has 0 atom stereocenters. The van der Waals surface area contributed by atoms with Crippen LogP contribution >= 0.6 is 0 Å². The molecule has 0 N–H and O–H groups in total. The van der Waals surface area contributed by atoms with Gasteiger partial charge in [0.1, 0.15) is 6.33 Å². The summed E-state index contributed by atoms with van der Waals surface area (Å²) in [5, 5.41) is 9.29. The van der Waals surface area contributed by atoms with Crippen LogP contribution in [0.1, 0.15) is 0 Å². The molecule has 0 aliphatic carbocycles. The number of rotatable bonds is 4. The zero-order chi connectivity index (χ0) is 37.9. The second kappa shape index (κ2) is 11.7. The number of fused-ring (bicyclic) bond motifs is 12. The summed E-state index contributed by atoms with van der Waals surface area (Å²) < 4.78 is 9.13. The van der Waals surface area contributed by atoms with Crippen molar-refractivity contribution in [3.8, 4) is 23.3 Å². The molecule has 0 unspecified atom stereocenters. The summed E-state index contributed by atoms with van der Waals surface area (Å²) in [6.07, 6.45) is 1.65. The van der Waals surface area contributed by atoms with Crippen molar-refractivity contribution in [2.45, 2.75) is 0 Å². The van der Waals surface area contributed by atoms with Gasteiger partial charge < -0.3 is 9.13 Å². The zero-order valence-electron chi connectivity index (χ0n) is 31.0. The lowest BCUT2D eigenvalue weighted by Crippen LogP contribution is -2.07. The van der Waals surface area contributed by atoms with E-state index < -0.39 is 0 Å². The fourth-order valence-corrected chi connectivity index (χ4v) is 9.50. The van der Waals surface area contributed by atoms with Crippen molar-refractivity contribution >= 4 is 87.2 Å². The molecule has 7 nitrogen and oxygen atoms in total. The van der Waals surface area contributed by atoms with Crippen molar-refractivity contribution in [3.63, 3.8) is 0 Å². The molecule has 0 aliphatic rings. The molecule has 0 saturated carbocycles. The number of nitrogens with zero attached hydrogens (tertiary/aromatic N) is 7. The second-order valence-corrected chi connectivity index (χ2v) is 14.9. The van der Waals surface area contributed by atoms with Gasteiger partial charge >= 0.3 is 0 Å². The Morgan fingerprint density at radius 2 is 0.552 bits per heavy atom. The van der Waals surface area contributed by atoms with Gasteiger partial charge in [0.25, 0.3) is 0 Å². The van der Waals surface area contributed by atoms with Gasteiger partial charge in [-0.25, -0.2) is 9.97 Å². The highest BCUT2D eigenvalue weighted by molar-refractivity contribution is 6.20. The van der Waals surface area contributed by atoms with Crippen LogP contribution < -0.4 is 0 Å². The first-order valence-electron chi connectivity index (χ1n) is 19.5. The Kier molecular flexibility index (Phi) is 6.32. The van der Waals surface area contributed by atoms with Gasteiger partial charge in [-0.2, -0.15) is 4.98 Å². The number of para-hydroxylation sites is 6. The Morgan fingerprint density at radius 1 is 0.259 bits per heavy atom. The van der Waals surface area contributed by atoms with Crippen molar-refractivity contribution in [3.05, 3.63) is 188 Å². The van der Waals surface area contributed by atoms with Crippen LogP contribution in [-0.4, -0.2) is 33.2 Å². The molecule has 0 spiro atoms. The highest BCUT2D eigenvalue weighted by Crippen LogP contribution is 2.41. The summed E-state index contributed by atoms with van der Waals surface area (Å²) in [5.74, 6) is 1.13. The minimum atomic E-state index is 0.565. The quantitative estimate of drug-likeness (QED) is 0.180. The largest absolute Gasteiger partial charge is 0.309 e. The molecule has 0 saturated heterocycles. The minimum absolute atomic E-state index is 0.565. The molecular weight excluding hydrogens is 711 g/mol. The van der Waals surface area contributed by atoms with E-state index in [1.807, 2.05) is 0 Å². The summed E-state index contributed by atoms with van der Waals surface area (Å²) in [6, 6.07) is 64.9. The van der Waals surface area contributed by atoms with Crippen LogP contribution in [0.15, 0.2) is 188 Å². The number of aromatic nitrogens is 7. The highest BCUT2D eigenvalue weighted by atomic mass is 15.3. The smallest absolute Gasteiger partial charge is 0.239 e. The van der Waals surface area contributed by atoms with Crippen LogP contribution in [-0.2, 0) is 0 Å². The van der Waals surface area contributed by atoms with E-state index in [9.17, 15) is 0 Å². The molecule has 0 amide bonds. The number of benzene rings is 8. The van der Waals surface area contributed by atoms with E-state index in [-0.39, 0.29) is 0 Å². The molecule has 13 rings (SSSR count). The average Bonchev–Trinajstić information content (AvgIpc) is 4.00. The van der Waals surface area contributed by atoms with E-state index in [2.05, 4.69) is 200 Å². The van der Waals surface area contributed by atoms with E-state index in [4.69, 9.17) is 15.0 Å². The van der Waals surface area contributed by atoms with Crippen LogP contribution in [0.3, 0.4) is 0 Å². The summed E-state index contributed by atoms with van der Waals surface area (Å²) in [4.78, 5) is 15.1. The number of hydrogen-bond acceptors (Lipinski definition) is 3. The Morgan fingerprint density at radius 3 is 0.914 bits per heavy atom. The molecule has 58 heavy (non-hydrogen) atoms. The van der Waals surface area contributed by atoms with Crippen molar-refractivity contribution in [2.24, 2.45) is 0 Å². The molecule has 5 heterocycles. The third-order valence-electron chi connectivity index (χ3n) is 11.9. The molecule has 8 aromatic carbocycles. The predicted octanol–water partition coefficient (Wildman–Crippen LogP) is 12.3. The molecule has 7 heteroatoms. The van der Waals surface area contributed by atoms with Gasteiger partial charge in [0.15, 0.2) is 0 Å². The number of hydrogen-bond donors (Lipinski definition) is 0. The lowest BCUT2D eigenvalue weighted by Gasteiger charge is -2.10. The maximum Gasteiger partial charge on any atom is 0.239 e. The van der Waals surface area contributed by atoms with E-state index >= 15 is 0 Å². The van der Waals surface area contributed by atoms with Gasteiger partial charge in [-0.05, 0) is 72.8 Å². The third-order valence-corrected chi connectivity index (χ3v) is 11.9. The SMILES string of the molecule is c1ccc(-n2c3ccccc3c3cc4c(cc32)c2ccccc2n4-c2ncnc(-n3c4ccccc4c4cc5c(cc43)c3ccccc3n5-c3ccccc3)n2)cc1. The van der Waals surface area contributed by atoms with Gasteiger partial charge in [-0.1, -0.05) is 109 Å². The summed E-state index contributed by atoms with van der Waals surface area (Å²) in [7, 11) is 0. The highest BCUT2D eigenvalue weighted by Gasteiger charge is 2.22. The summed E-state index contributed by atoms with van der Waals surface area (Å²) in [6.45, 7) is 0. The lowest BCUT2D eigenvalue weighted by atomic mass is 10.1. The molecule has 0 radical (unpaired) electrons. The first-order chi connectivity index (χ1) is 28.8. The first kappa shape index (κ1) is 31.2. The third kappa shape index (κ3) is 4.24. The Hall–Kier alpha value is -8.03. The molecule has 270 valence electrons. The van der Waals surface area contributed by atoms with E-state index in [0.29, 0.717) is 11.9 Å². The van der Waals surface area contributed by atoms with E-state index in [0.717, 1.165) is 66.0 Å². The lowest BCUT2D eigenvalue weighted by molar-refractivity contribution is 0.886. The fourth-order valence-electron chi connectivity index (χ4n) is 9.50. The molecule has 0 fully saturated rings. The van der Waals surface area contributed by atoms with Crippen molar-refractivity contribution in [1.29, 1.82) is 0 Å². The van der Waals surface area contributed by atoms with Crippen LogP contribution in [0.2, 0.25) is 0 Å². The van der Waals surface area contributed by atoms with Crippen molar-refractivity contribution < 1.29 is 0 Å². The molecular formula is C51H31N7. The molecule has 5 aromatic heterocycles. The van der Waals surface area contributed by atoms with Crippen LogP contribution in [0.25, 0.3) is 110 Å². The van der Waals surface area contributed by atoms with Gasteiger partial charge in [-0.3, -0.25) is 9.13 Å². The normalized spacial score (nSPS) is 12.1. The van der Waals surface area contributed by atoms with Crippen molar-refractivity contribution in [1.82, 2.24) is 33.2 Å². The second-order valence-electron chi connectivity index (χ2n) is 14.9. The zero-order valence-corrected chi connectivity index (χ0v) is 31.0. The van der Waals surface area contributed by atoms with Gasteiger partial charge in [0.05, 0.1) is 44.1 Å². The van der Waals surface area contributed by atoms with Crippen LogP contribution in [0, 0.1) is 0 Å². The van der Waals surface area contributed by atoms with E-state index in [1.165, 1.54) is 32.6 Å². The maximum atomic E-state index is 5.34. The Balaban J connectivity index is 1.08. The van der Waals surface area contributed by atoms with Gasteiger partial charge in [0, 0.05) is 54.5 Å². The minimum Gasteiger partial charge on any atom is -0.309 e. The molecule has 0 aliphatic heterocycles. The van der Waals surface area contributed by atoms with E-state index in [1.54, 1.807) is 6.33 Å². The molecule has 0 bridgehead atoms. The monoisotopic (exact) mass is 741 g/mol. The van der Waals surface area contributed by atoms with Crippen LogP contribution in [0.4, 0.5) is 0 Å². The van der Waals surface area contributed by atoms with Crippen molar-refractivity contribution in [2.75, 3.05) is 0 Å². The summed E-state index contributed by atoms with van der Waals surface area (Å²) in [5.41, 5.74) is 11.1. The van der Waals surface area contributed by atoms with Crippen LogP contribution in [0.5, 0.6) is 0 Å². The summed E-state index contributed by atoms with van der Waals surface area (Å²) >= 11 is 0. The first-order valence-corrected chi connectivity index (χ1v) is 19.5. The topological polar surface area (TPSA) is 58.4 Å². The Bertz CT molecular complexity index is 3550. The van der Waals surface area contributed by atoms with Gasteiger partial charge in [0.2, 0.25) is 11.9 Å². The average molecular weight is 742 g/mol. The Labute approximate surface area is 330 Å².